The van der Waals surface area contributed by atoms with Crippen LogP contribution in [0.3, 0.4) is 0 Å². The minimum absolute atomic E-state index is 0.0312. The highest BCUT2D eigenvalue weighted by Crippen LogP contribution is 2.43. The number of benzene rings is 2. The molecule has 6 heteroatoms. The van der Waals surface area contributed by atoms with E-state index < -0.39 is 11.2 Å². The van der Waals surface area contributed by atoms with Crippen LogP contribution in [0.25, 0.3) is 0 Å². The topological polar surface area (TPSA) is 78.7 Å². The maximum absolute atomic E-state index is 11.0. The first-order valence-corrected chi connectivity index (χ1v) is 7.32. The molecule has 1 aliphatic rings. The minimum atomic E-state index is -0.665. The molecule has 1 atom stereocenters. The first kappa shape index (κ1) is 15.0. The number of nitrogens with zero attached hydrogens (tertiary/aromatic N) is 1. The zero-order chi connectivity index (χ0) is 16.4. The molecule has 0 radical (unpaired) electrons. The van der Waals surface area contributed by atoms with E-state index in [0.717, 1.165) is 18.4 Å². The number of carbonyl (C=O) groups is 1. The molecular weight excluding hydrogens is 298 g/mol. The quantitative estimate of drug-likeness (QED) is 0.476. The lowest BCUT2D eigenvalue weighted by molar-refractivity contribution is -0.385. The highest BCUT2D eigenvalue weighted by molar-refractivity contribution is 5.83. The fourth-order valence-corrected chi connectivity index (χ4v) is 2.52. The second-order valence-corrected chi connectivity index (χ2v) is 5.29. The van der Waals surface area contributed by atoms with Gasteiger partial charge in [-0.15, -0.1) is 0 Å². The second-order valence-electron chi connectivity index (χ2n) is 5.29. The van der Waals surface area contributed by atoms with E-state index in [1.54, 1.807) is 0 Å². The van der Waals surface area contributed by atoms with Crippen LogP contribution in [0, 0.1) is 10.1 Å². The number of nitro benzene ring substituents is 1. The standard InChI is InChI=1S/C17H15NO5/c1-2-3-11-4-6-12(7-5-11)17-22-15-8-13(10-19)14(18(20)21)9-16(15)23-17/h4-10,17H,2-3H2,1H3. The minimum Gasteiger partial charge on any atom is -0.447 e. The van der Waals surface area contributed by atoms with E-state index in [9.17, 15) is 14.9 Å². The molecule has 6 nitrogen and oxygen atoms in total. The Morgan fingerprint density at radius 2 is 1.83 bits per heavy atom. The van der Waals surface area contributed by atoms with E-state index in [1.807, 2.05) is 24.3 Å². The highest BCUT2D eigenvalue weighted by atomic mass is 16.7. The van der Waals surface area contributed by atoms with Crippen LogP contribution in [-0.4, -0.2) is 11.2 Å². The molecule has 0 N–H and O–H groups in total. The number of aryl methyl sites for hydroxylation is 1. The predicted octanol–water partition coefficient (Wildman–Crippen LogP) is 3.83. The second kappa shape index (κ2) is 6.08. The van der Waals surface area contributed by atoms with Crippen LogP contribution in [0.4, 0.5) is 5.69 Å². The van der Waals surface area contributed by atoms with Gasteiger partial charge < -0.3 is 9.47 Å². The van der Waals surface area contributed by atoms with Crippen LogP contribution in [0.5, 0.6) is 11.5 Å². The van der Waals surface area contributed by atoms with Crippen LogP contribution in [0.1, 0.15) is 41.1 Å². The Morgan fingerprint density at radius 1 is 1.17 bits per heavy atom. The number of fused-ring (bicyclic) bond motifs is 1. The van der Waals surface area contributed by atoms with E-state index in [1.165, 1.54) is 17.7 Å². The molecule has 23 heavy (non-hydrogen) atoms. The summed E-state index contributed by atoms with van der Waals surface area (Å²) in [6.07, 6.45) is 1.85. The predicted molar refractivity (Wildman–Crippen MR) is 82.9 cm³/mol. The lowest BCUT2D eigenvalue weighted by Gasteiger charge is -2.10. The molecular formula is C17H15NO5. The van der Waals surface area contributed by atoms with Crippen LogP contribution in [0.2, 0.25) is 0 Å². The lowest BCUT2D eigenvalue weighted by Crippen LogP contribution is -2.07. The molecule has 0 saturated heterocycles. The molecule has 2 aromatic carbocycles. The van der Waals surface area contributed by atoms with E-state index in [-0.39, 0.29) is 17.0 Å². The Labute approximate surface area is 132 Å². The van der Waals surface area contributed by atoms with Crippen molar-refractivity contribution in [2.45, 2.75) is 26.1 Å². The van der Waals surface area contributed by atoms with Gasteiger partial charge in [0.05, 0.1) is 16.6 Å². The molecule has 118 valence electrons. The number of ether oxygens (including phenoxy) is 2. The number of rotatable bonds is 5. The van der Waals surface area contributed by atoms with Crippen molar-refractivity contribution < 1.29 is 19.2 Å². The smallest absolute Gasteiger partial charge is 0.283 e. The average molecular weight is 313 g/mol. The Morgan fingerprint density at radius 3 is 2.39 bits per heavy atom. The van der Waals surface area contributed by atoms with Crippen molar-refractivity contribution in [2.24, 2.45) is 0 Å². The molecule has 0 spiro atoms. The van der Waals surface area contributed by atoms with Gasteiger partial charge in [-0.3, -0.25) is 14.9 Å². The van der Waals surface area contributed by atoms with Crippen LogP contribution in [0.15, 0.2) is 36.4 Å². The van der Waals surface area contributed by atoms with Gasteiger partial charge in [-0.05, 0) is 12.0 Å². The van der Waals surface area contributed by atoms with Crippen LogP contribution in [-0.2, 0) is 6.42 Å². The van der Waals surface area contributed by atoms with Gasteiger partial charge >= 0.3 is 0 Å². The highest BCUT2D eigenvalue weighted by Gasteiger charge is 2.30. The normalized spacial score (nSPS) is 15.4. The van der Waals surface area contributed by atoms with Gasteiger partial charge in [-0.2, -0.15) is 0 Å². The van der Waals surface area contributed by atoms with Gasteiger partial charge in [0.2, 0.25) is 0 Å². The fourth-order valence-electron chi connectivity index (χ4n) is 2.52. The Kier molecular flexibility index (Phi) is 3.97. The molecule has 1 heterocycles. The zero-order valence-electron chi connectivity index (χ0n) is 12.5. The van der Waals surface area contributed by atoms with Gasteiger partial charge in [0.1, 0.15) is 0 Å². The van der Waals surface area contributed by atoms with E-state index in [0.29, 0.717) is 12.0 Å². The zero-order valence-corrected chi connectivity index (χ0v) is 12.5. The van der Waals surface area contributed by atoms with Gasteiger partial charge in [-0.1, -0.05) is 37.6 Å². The molecule has 1 aliphatic heterocycles. The summed E-state index contributed by atoms with van der Waals surface area (Å²) in [5, 5.41) is 11.0. The van der Waals surface area contributed by atoms with Crippen molar-refractivity contribution in [1.29, 1.82) is 0 Å². The number of carbonyl (C=O) groups excluding carboxylic acids is 1. The summed E-state index contributed by atoms with van der Waals surface area (Å²) in [7, 11) is 0. The van der Waals surface area contributed by atoms with Gasteiger partial charge in [-0.25, -0.2) is 0 Å². The number of hydrogen-bond acceptors (Lipinski definition) is 5. The van der Waals surface area contributed by atoms with Gasteiger partial charge in [0.15, 0.2) is 17.8 Å². The fraction of sp³-hybridized carbons (Fsp3) is 0.235. The third-order valence-electron chi connectivity index (χ3n) is 3.68. The number of hydrogen-bond donors (Lipinski definition) is 0. The molecule has 2 aromatic rings. The van der Waals surface area contributed by atoms with Crippen LogP contribution < -0.4 is 9.47 Å². The SMILES string of the molecule is CCCc1ccc(C2Oc3cc(C=O)c([N+](=O)[O-])cc3O2)cc1. The summed E-state index contributed by atoms with van der Waals surface area (Å²) in [5.41, 5.74) is 1.72. The van der Waals surface area contributed by atoms with Crippen LogP contribution >= 0.6 is 0 Å². The molecule has 0 amide bonds. The van der Waals surface area contributed by atoms with Crippen molar-refractivity contribution in [3.05, 3.63) is 63.2 Å². The third-order valence-corrected chi connectivity index (χ3v) is 3.68. The largest absolute Gasteiger partial charge is 0.447 e. The van der Waals surface area contributed by atoms with E-state index in [2.05, 4.69) is 6.92 Å². The maximum atomic E-state index is 11.0. The molecule has 0 bridgehead atoms. The molecule has 0 aromatic heterocycles. The first-order valence-electron chi connectivity index (χ1n) is 7.32. The number of nitro groups is 1. The molecule has 3 rings (SSSR count). The Hall–Kier alpha value is -2.89. The molecule has 1 unspecified atom stereocenters. The van der Waals surface area contributed by atoms with Crippen molar-refractivity contribution in [3.63, 3.8) is 0 Å². The summed E-state index contributed by atoms with van der Waals surface area (Å²) in [5.74, 6) is 0.602. The summed E-state index contributed by atoms with van der Waals surface area (Å²) in [6.45, 7) is 2.12. The van der Waals surface area contributed by atoms with Crippen molar-refractivity contribution in [1.82, 2.24) is 0 Å². The van der Waals surface area contributed by atoms with E-state index in [4.69, 9.17) is 9.47 Å². The molecule has 0 fully saturated rings. The average Bonchev–Trinajstić information content (AvgIpc) is 2.97. The lowest BCUT2D eigenvalue weighted by atomic mass is 10.1. The summed E-state index contributed by atoms with van der Waals surface area (Å²) >= 11 is 0. The van der Waals surface area contributed by atoms with Gasteiger partial charge in [0, 0.05) is 11.6 Å². The summed E-state index contributed by atoms with van der Waals surface area (Å²) in [6, 6.07) is 10.4. The van der Waals surface area contributed by atoms with Crippen molar-refractivity contribution in [3.8, 4) is 11.5 Å². The molecule has 0 aliphatic carbocycles. The maximum Gasteiger partial charge on any atom is 0.283 e. The van der Waals surface area contributed by atoms with Crippen molar-refractivity contribution >= 4 is 12.0 Å². The third kappa shape index (κ3) is 2.88. The summed E-state index contributed by atoms with van der Waals surface area (Å²) in [4.78, 5) is 21.4. The number of aldehydes is 1. The van der Waals surface area contributed by atoms with E-state index >= 15 is 0 Å². The van der Waals surface area contributed by atoms with Crippen molar-refractivity contribution in [2.75, 3.05) is 0 Å². The Bertz CT molecular complexity index is 754. The first-order chi connectivity index (χ1) is 11.1. The Balaban J connectivity index is 1.86. The van der Waals surface area contributed by atoms with Gasteiger partial charge in [0.25, 0.3) is 12.0 Å². The summed E-state index contributed by atoms with van der Waals surface area (Å²) < 4.78 is 11.3. The monoisotopic (exact) mass is 313 g/mol. The molecule has 0 saturated carbocycles.